The fourth-order valence-electron chi connectivity index (χ4n) is 2.91. The standard InChI is InChI=1S/C18H17N3O5/c1-18(13-6-8-15(26-2)9-7-13)16(22)20(17(23)19-18)11-12-4-3-5-14(10-12)21(24)25/h3-10H,11H2,1-2H3,(H,19,23). The van der Waals surface area contributed by atoms with Crippen LogP contribution in [0.1, 0.15) is 18.1 Å². The minimum absolute atomic E-state index is 0.0436. The van der Waals surface area contributed by atoms with E-state index in [1.165, 1.54) is 18.2 Å². The number of non-ortho nitro benzene ring substituents is 1. The quantitative estimate of drug-likeness (QED) is 0.504. The number of carbonyl (C=O) groups excluding carboxylic acids is 2. The Morgan fingerprint density at radius 1 is 1.19 bits per heavy atom. The molecule has 134 valence electrons. The van der Waals surface area contributed by atoms with E-state index in [4.69, 9.17) is 4.74 Å². The summed E-state index contributed by atoms with van der Waals surface area (Å²) in [6, 6.07) is 12.2. The van der Waals surface area contributed by atoms with Crippen molar-refractivity contribution < 1.29 is 19.2 Å². The van der Waals surface area contributed by atoms with Crippen LogP contribution in [0.3, 0.4) is 0 Å². The van der Waals surface area contributed by atoms with E-state index in [9.17, 15) is 19.7 Å². The van der Waals surface area contributed by atoms with E-state index in [-0.39, 0.29) is 12.2 Å². The molecule has 0 aromatic heterocycles. The van der Waals surface area contributed by atoms with Gasteiger partial charge in [0.2, 0.25) is 0 Å². The zero-order valence-corrected chi connectivity index (χ0v) is 14.3. The zero-order chi connectivity index (χ0) is 18.9. The van der Waals surface area contributed by atoms with Crippen molar-refractivity contribution in [3.63, 3.8) is 0 Å². The first kappa shape index (κ1) is 17.4. The normalized spacial score (nSPS) is 19.4. The summed E-state index contributed by atoms with van der Waals surface area (Å²) < 4.78 is 5.11. The molecule has 1 fully saturated rings. The number of urea groups is 1. The van der Waals surface area contributed by atoms with Gasteiger partial charge in [0.1, 0.15) is 11.3 Å². The number of methoxy groups -OCH3 is 1. The highest BCUT2D eigenvalue weighted by Crippen LogP contribution is 2.31. The van der Waals surface area contributed by atoms with Gasteiger partial charge in [0, 0.05) is 12.1 Å². The van der Waals surface area contributed by atoms with Gasteiger partial charge in [-0.15, -0.1) is 0 Å². The van der Waals surface area contributed by atoms with Gasteiger partial charge in [0.05, 0.1) is 18.6 Å². The fourth-order valence-corrected chi connectivity index (χ4v) is 2.91. The summed E-state index contributed by atoms with van der Waals surface area (Å²) in [4.78, 5) is 36.7. The highest BCUT2D eigenvalue weighted by molar-refractivity contribution is 6.07. The number of nitrogens with one attached hydrogen (secondary N) is 1. The van der Waals surface area contributed by atoms with Crippen molar-refractivity contribution in [2.45, 2.75) is 19.0 Å². The Morgan fingerprint density at radius 3 is 2.50 bits per heavy atom. The molecule has 3 amide bonds. The van der Waals surface area contributed by atoms with Crippen LogP contribution in [0.5, 0.6) is 5.75 Å². The maximum absolute atomic E-state index is 12.9. The largest absolute Gasteiger partial charge is 0.497 e. The van der Waals surface area contributed by atoms with Gasteiger partial charge >= 0.3 is 6.03 Å². The van der Waals surface area contributed by atoms with Gasteiger partial charge in [-0.25, -0.2) is 4.79 Å². The van der Waals surface area contributed by atoms with E-state index in [2.05, 4.69) is 5.32 Å². The molecule has 1 aliphatic heterocycles. The van der Waals surface area contributed by atoms with Crippen molar-refractivity contribution in [1.29, 1.82) is 0 Å². The summed E-state index contributed by atoms with van der Waals surface area (Å²) >= 11 is 0. The van der Waals surface area contributed by atoms with Gasteiger partial charge in [-0.1, -0.05) is 24.3 Å². The number of hydrogen-bond donors (Lipinski definition) is 1. The number of benzene rings is 2. The van der Waals surface area contributed by atoms with Crippen LogP contribution in [0, 0.1) is 10.1 Å². The number of ether oxygens (including phenoxy) is 1. The molecule has 0 saturated carbocycles. The molecule has 0 aliphatic carbocycles. The Balaban J connectivity index is 1.86. The number of nitro groups is 1. The first-order valence-corrected chi connectivity index (χ1v) is 7.87. The Bertz CT molecular complexity index is 881. The Labute approximate surface area is 149 Å². The lowest BCUT2D eigenvalue weighted by Crippen LogP contribution is -2.40. The number of imide groups is 1. The Hall–Kier alpha value is -3.42. The third kappa shape index (κ3) is 2.97. The molecule has 1 atom stereocenters. The van der Waals surface area contributed by atoms with E-state index < -0.39 is 22.4 Å². The molecule has 0 bridgehead atoms. The summed E-state index contributed by atoms with van der Waals surface area (Å²) in [5.41, 5.74) is -0.170. The molecule has 2 aromatic carbocycles. The SMILES string of the molecule is COc1ccc(C2(C)NC(=O)N(Cc3cccc([N+](=O)[O-])c3)C2=O)cc1. The maximum Gasteiger partial charge on any atom is 0.325 e. The summed E-state index contributed by atoms with van der Waals surface area (Å²) in [5, 5.41) is 13.6. The third-order valence-corrected chi connectivity index (χ3v) is 4.40. The van der Waals surface area contributed by atoms with Crippen molar-refractivity contribution in [3.05, 3.63) is 69.8 Å². The van der Waals surface area contributed by atoms with Gasteiger partial charge in [-0.3, -0.25) is 19.8 Å². The van der Waals surface area contributed by atoms with Crippen LogP contribution in [0.4, 0.5) is 10.5 Å². The number of nitrogens with zero attached hydrogens (tertiary/aromatic N) is 2. The van der Waals surface area contributed by atoms with Gasteiger partial charge in [0.15, 0.2) is 0 Å². The van der Waals surface area contributed by atoms with E-state index in [1.807, 2.05) is 0 Å². The number of carbonyl (C=O) groups is 2. The molecule has 1 aliphatic rings. The molecule has 1 heterocycles. The van der Waals surface area contributed by atoms with Crippen molar-refractivity contribution in [2.75, 3.05) is 7.11 Å². The highest BCUT2D eigenvalue weighted by atomic mass is 16.6. The van der Waals surface area contributed by atoms with E-state index in [0.29, 0.717) is 16.9 Å². The third-order valence-electron chi connectivity index (χ3n) is 4.40. The molecule has 0 radical (unpaired) electrons. The first-order chi connectivity index (χ1) is 12.3. The molecular weight excluding hydrogens is 338 g/mol. The minimum Gasteiger partial charge on any atom is -0.497 e. The fraction of sp³-hybridized carbons (Fsp3) is 0.222. The second-order valence-corrected chi connectivity index (χ2v) is 6.10. The lowest BCUT2D eigenvalue weighted by Gasteiger charge is -2.22. The Kier molecular flexibility index (Phi) is 4.33. The lowest BCUT2D eigenvalue weighted by atomic mass is 9.92. The van der Waals surface area contributed by atoms with Crippen molar-refractivity contribution in [2.24, 2.45) is 0 Å². The van der Waals surface area contributed by atoms with E-state index in [0.717, 1.165) is 4.90 Å². The summed E-state index contributed by atoms with van der Waals surface area (Å²) in [6.45, 7) is 1.58. The van der Waals surface area contributed by atoms with Crippen LogP contribution in [0.2, 0.25) is 0 Å². The molecule has 8 heteroatoms. The molecule has 2 aromatic rings. The smallest absolute Gasteiger partial charge is 0.325 e. The van der Waals surface area contributed by atoms with Gasteiger partial charge < -0.3 is 10.1 Å². The molecule has 1 N–H and O–H groups in total. The molecular formula is C18H17N3O5. The monoisotopic (exact) mass is 355 g/mol. The topological polar surface area (TPSA) is 102 Å². The van der Waals surface area contributed by atoms with Gasteiger partial charge in [0.25, 0.3) is 11.6 Å². The second kappa shape index (κ2) is 6.47. The molecule has 1 saturated heterocycles. The van der Waals surface area contributed by atoms with Crippen molar-refractivity contribution in [1.82, 2.24) is 10.2 Å². The van der Waals surface area contributed by atoms with E-state index in [1.54, 1.807) is 44.4 Å². The Morgan fingerprint density at radius 2 is 1.88 bits per heavy atom. The molecule has 3 rings (SSSR count). The predicted octanol–water partition coefficient (Wildman–Crippen LogP) is 2.57. The second-order valence-electron chi connectivity index (χ2n) is 6.10. The van der Waals surface area contributed by atoms with Crippen LogP contribution >= 0.6 is 0 Å². The summed E-state index contributed by atoms with van der Waals surface area (Å²) in [6.07, 6.45) is 0. The molecule has 26 heavy (non-hydrogen) atoms. The summed E-state index contributed by atoms with van der Waals surface area (Å²) in [7, 11) is 1.54. The minimum atomic E-state index is -1.20. The molecule has 1 unspecified atom stereocenters. The first-order valence-electron chi connectivity index (χ1n) is 7.87. The van der Waals surface area contributed by atoms with Crippen LogP contribution < -0.4 is 10.1 Å². The lowest BCUT2D eigenvalue weighted by molar-refractivity contribution is -0.384. The average molecular weight is 355 g/mol. The number of nitro benzene ring substituents is 1. The van der Waals surface area contributed by atoms with Gasteiger partial charge in [-0.2, -0.15) is 0 Å². The average Bonchev–Trinajstić information content (AvgIpc) is 2.86. The van der Waals surface area contributed by atoms with Crippen molar-refractivity contribution in [3.8, 4) is 5.75 Å². The van der Waals surface area contributed by atoms with Crippen LogP contribution in [0.15, 0.2) is 48.5 Å². The van der Waals surface area contributed by atoms with Crippen LogP contribution in [-0.2, 0) is 16.9 Å². The maximum atomic E-state index is 12.9. The van der Waals surface area contributed by atoms with Gasteiger partial charge in [-0.05, 0) is 30.2 Å². The summed E-state index contributed by atoms with van der Waals surface area (Å²) in [5.74, 6) is 0.224. The van der Waals surface area contributed by atoms with E-state index >= 15 is 0 Å². The van der Waals surface area contributed by atoms with Crippen LogP contribution in [0.25, 0.3) is 0 Å². The zero-order valence-electron chi connectivity index (χ0n) is 14.3. The molecule has 0 spiro atoms. The number of hydrogen-bond acceptors (Lipinski definition) is 5. The highest BCUT2D eigenvalue weighted by Gasteiger charge is 2.48. The number of rotatable bonds is 5. The number of amides is 3. The van der Waals surface area contributed by atoms with Crippen LogP contribution in [-0.4, -0.2) is 28.9 Å². The predicted molar refractivity (Wildman–Crippen MR) is 92.5 cm³/mol. The van der Waals surface area contributed by atoms with Crippen molar-refractivity contribution >= 4 is 17.6 Å². The molecule has 8 nitrogen and oxygen atoms in total.